The SMILES string of the molecule is C=CCNC(=O)[C@@H](C)[NH+]1CCN(c2cccc(C)c2C)CC1. The number of amides is 1. The molecule has 1 aliphatic rings. The molecule has 0 bridgehead atoms. The number of carbonyl (C=O) groups excluding carboxylic acids is 1. The number of nitrogens with one attached hydrogen (secondary N) is 2. The summed E-state index contributed by atoms with van der Waals surface area (Å²) in [4.78, 5) is 15.9. The van der Waals surface area contributed by atoms with Gasteiger partial charge in [-0.05, 0) is 38.0 Å². The van der Waals surface area contributed by atoms with Crippen LogP contribution in [0.3, 0.4) is 0 Å². The van der Waals surface area contributed by atoms with Crippen LogP contribution >= 0.6 is 0 Å². The summed E-state index contributed by atoms with van der Waals surface area (Å²) in [5.74, 6) is 0.120. The highest BCUT2D eigenvalue weighted by Crippen LogP contribution is 2.22. The van der Waals surface area contributed by atoms with Crippen LogP contribution < -0.4 is 15.1 Å². The Balaban J connectivity index is 1.94. The third-order valence-electron chi connectivity index (χ3n) is 4.75. The lowest BCUT2D eigenvalue weighted by Gasteiger charge is -2.36. The second kappa shape index (κ2) is 7.45. The molecule has 0 radical (unpaired) electrons. The van der Waals surface area contributed by atoms with E-state index >= 15 is 0 Å². The van der Waals surface area contributed by atoms with Gasteiger partial charge in [-0.3, -0.25) is 4.79 Å². The molecule has 1 saturated heterocycles. The van der Waals surface area contributed by atoms with Gasteiger partial charge in [0.1, 0.15) is 0 Å². The van der Waals surface area contributed by atoms with Crippen LogP contribution in [0.2, 0.25) is 0 Å². The first-order valence-corrected chi connectivity index (χ1v) is 8.09. The molecule has 0 unspecified atom stereocenters. The fourth-order valence-electron chi connectivity index (χ4n) is 3.06. The fraction of sp³-hybridized carbons (Fsp3) is 0.500. The third kappa shape index (κ3) is 3.69. The van der Waals surface area contributed by atoms with Crippen LogP contribution in [0.5, 0.6) is 0 Å². The molecule has 0 spiro atoms. The van der Waals surface area contributed by atoms with Crippen molar-refractivity contribution in [1.29, 1.82) is 0 Å². The Labute approximate surface area is 133 Å². The lowest BCUT2D eigenvalue weighted by molar-refractivity contribution is -0.914. The Hall–Kier alpha value is -1.81. The zero-order valence-electron chi connectivity index (χ0n) is 14.0. The van der Waals surface area contributed by atoms with Gasteiger partial charge in [0.2, 0.25) is 0 Å². The van der Waals surface area contributed by atoms with Gasteiger partial charge in [0.25, 0.3) is 5.91 Å². The molecule has 22 heavy (non-hydrogen) atoms. The van der Waals surface area contributed by atoms with Gasteiger partial charge in [0.05, 0.1) is 26.2 Å². The van der Waals surface area contributed by atoms with E-state index in [0.29, 0.717) is 6.54 Å². The van der Waals surface area contributed by atoms with Crippen molar-refractivity contribution in [2.24, 2.45) is 0 Å². The van der Waals surface area contributed by atoms with E-state index in [1.165, 1.54) is 21.7 Å². The lowest BCUT2D eigenvalue weighted by atomic mass is 10.1. The Morgan fingerprint density at radius 3 is 2.73 bits per heavy atom. The first-order valence-electron chi connectivity index (χ1n) is 8.09. The van der Waals surface area contributed by atoms with Crippen LogP contribution in [0.1, 0.15) is 18.1 Å². The van der Waals surface area contributed by atoms with Crippen molar-refractivity contribution in [2.45, 2.75) is 26.8 Å². The second-order valence-electron chi connectivity index (χ2n) is 6.12. The molecule has 0 aromatic heterocycles. The monoisotopic (exact) mass is 302 g/mol. The molecule has 0 aliphatic carbocycles. The first kappa shape index (κ1) is 16.6. The van der Waals surface area contributed by atoms with Crippen molar-refractivity contribution < 1.29 is 9.69 Å². The van der Waals surface area contributed by atoms with Gasteiger partial charge in [-0.2, -0.15) is 0 Å². The number of nitrogens with zero attached hydrogens (tertiary/aromatic N) is 1. The summed E-state index contributed by atoms with van der Waals surface area (Å²) in [5, 5.41) is 2.90. The molecule has 1 amide bonds. The van der Waals surface area contributed by atoms with Gasteiger partial charge in [-0.25, -0.2) is 0 Å². The van der Waals surface area contributed by atoms with Gasteiger partial charge < -0.3 is 15.1 Å². The van der Waals surface area contributed by atoms with Crippen LogP contribution in [0.25, 0.3) is 0 Å². The Bertz CT molecular complexity index is 533. The molecule has 1 fully saturated rings. The van der Waals surface area contributed by atoms with Gasteiger partial charge in [-0.15, -0.1) is 6.58 Å². The highest BCUT2D eigenvalue weighted by atomic mass is 16.2. The van der Waals surface area contributed by atoms with Crippen LogP contribution in [-0.2, 0) is 4.79 Å². The van der Waals surface area contributed by atoms with Gasteiger partial charge in [0, 0.05) is 12.2 Å². The molecule has 1 aliphatic heterocycles. The van der Waals surface area contributed by atoms with E-state index in [-0.39, 0.29) is 11.9 Å². The number of aryl methyl sites for hydroxylation is 1. The van der Waals surface area contributed by atoms with Crippen molar-refractivity contribution in [3.63, 3.8) is 0 Å². The maximum Gasteiger partial charge on any atom is 0.278 e. The van der Waals surface area contributed by atoms with E-state index in [1.807, 2.05) is 6.92 Å². The van der Waals surface area contributed by atoms with Crippen molar-refractivity contribution in [2.75, 3.05) is 37.6 Å². The molecular formula is C18H28N3O+. The largest absolute Gasteiger partial charge is 0.360 e. The van der Waals surface area contributed by atoms with Crippen LogP contribution in [0.4, 0.5) is 5.69 Å². The lowest BCUT2D eigenvalue weighted by Crippen LogP contribution is -3.19. The Morgan fingerprint density at radius 2 is 2.09 bits per heavy atom. The number of quaternary nitrogens is 1. The number of anilines is 1. The maximum atomic E-state index is 12.1. The highest BCUT2D eigenvalue weighted by Gasteiger charge is 2.29. The summed E-state index contributed by atoms with van der Waals surface area (Å²) in [6, 6.07) is 6.49. The smallest absolute Gasteiger partial charge is 0.278 e. The zero-order chi connectivity index (χ0) is 16.1. The van der Waals surface area contributed by atoms with E-state index in [4.69, 9.17) is 0 Å². The standard InChI is InChI=1S/C18H27N3O/c1-5-9-19-18(22)16(4)20-10-12-21(13-11-20)17-8-6-7-14(2)15(17)3/h5-8,16H,1,9-13H2,2-4H3,(H,19,22)/p+1/t16-/m1/s1. The first-order chi connectivity index (χ1) is 10.5. The van der Waals surface area contributed by atoms with Crippen LogP contribution in [0, 0.1) is 13.8 Å². The van der Waals surface area contributed by atoms with Crippen LogP contribution in [-0.4, -0.2) is 44.7 Å². The summed E-state index contributed by atoms with van der Waals surface area (Å²) in [5.41, 5.74) is 4.04. The summed E-state index contributed by atoms with van der Waals surface area (Å²) in [7, 11) is 0. The van der Waals surface area contributed by atoms with Gasteiger partial charge in [0.15, 0.2) is 6.04 Å². The summed E-state index contributed by atoms with van der Waals surface area (Å²) < 4.78 is 0. The molecule has 2 rings (SSSR count). The van der Waals surface area contributed by atoms with E-state index in [0.717, 1.165) is 26.2 Å². The molecule has 0 saturated carbocycles. The topological polar surface area (TPSA) is 36.8 Å². The molecule has 2 N–H and O–H groups in total. The summed E-state index contributed by atoms with van der Waals surface area (Å²) in [6.07, 6.45) is 1.72. The number of hydrogen-bond donors (Lipinski definition) is 2. The molecule has 120 valence electrons. The molecule has 1 atom stereocenters. The van der Waals surface area contributed by atoms with Crippen molar-refractivity contribution in [3.05, 3.63) is 42.0 Å². The summed E-state index contributed by atoms with van der Waals surface area (Å²) in [6.45, 7) is 14.5. The zero-order valence-corrected chi connectivity index (χ0v) is 14.0. The van der Waals surface area contributed by atoms with Crippen molar-refractivity contribution in [1.82, 2.24) is 5.32 Å². The van der Waals surface area contributed by atoms with Crippen molar-refractivity contribution >= 4 is 11.6 Å². The maximum absolute atomic E-state index is 12.1. The van der Waals surface area contributed by atoms with E-state index in [1.54, 1.807) is 6.08 Å². The average molecular weight is 302 g/mol. The normalized spacial score (nSPS) is 17.1. The highest BCUT2D eigenvalue weighted by molar-refractivity contribution is 5.80. The molecule has 1 heterocycles. The predicted molar refractivity (Wildman–Crippen MR) is 91.5 cm³/mol. The summed E-state index contributed by atoms with van der Waals surface area (Å²) >= 11 is 0. The molecule has 4 heteroatoms. The molecule has 1 aromatic carbocycles. The average Bonchev–Trinajstić information content (AvgIpc) is 2.54. The minimum Gasteiger partial charge on any atom is -0.360 e. The minimum absolute atomic E-state index is 0.000654. The number of rotatable bonds is 5. The number of benzene rings is 1. The molecule has 1 aromatic rings. The van der Waals surface area contributed by atoms with Crippen LogP contribution in [0.15, 0.2) is 30.9 Å². The fourth-order valence-corrected chi connectivity index (χ4v) is 3.06. The molecule has 4 nitrogen and oxygen atoms in total. The Kier molecular flexibility index (Phi) is 5.61. The number of carbonyl (C=O) groups is 1. The number of piperazine rings is 1. The van der Waals surface area contributed by atoms with E-state index in [9.17, 15) is 4.79 Å². The molecular weight excluding hydrogens is 274 g/mol. The predicted octanol–water partition coefficient (Wildman–Crippen LogP) is 0.699. The van der Waals surface area contributed by atoms with E-state index in [2.05, 4.69) is 48.8 Å². The van der Waals surface area contributed by atoms with Crippen molar-refractivity contribution in [3.8, 4) is 0 Å². The number of hydrogen-bond acceptors (Lipinski definition) is 2. The minimum atomic E-state index is 0.000654. The van der Waals surface area contributed by atoms with Gasteiger partial charge in [-0.1, -0.05) is 18.2 Å². The van der Waals surface area contributed by atoms with Gasteiger partial charge >= 0.3 is 0 Å². The Morgan fingerprint density at radius 1 is 1.41 bits per heavy atom. The third-order valence-corrected chi connectivity index (χ3v) is 4.75. The second-order valence-corrected chi connectivity index (χ2v) is 6.12. The quantitative estimate of drug-likeness (QED) is 0.786. The van der Waals surface area contributed by atoms with E-state index < -0.39 is 0 Å².